The first-order valence-electron chi connectivity index (χ1n) is 16.6. The third-order valence-corrected chi connectivity index (χ3v) is 8.29. The molecule has 2 aromatic carbocycles. The number of amides is 3. The molecule has 248 valence electrons. The third kappa shape index (κ3) is 11.4. The van der Waals surface area contributed by atoms with Gasteiger partial charge in [-0.2, -0.15) is 0 Å². The van der Waals surface area contributed by atoms with Crippen molar-refractivity contribution in [1.82, 2.24) is 15.5 Å². The molecule has 8 heteroatoms. The number of ether oxygens (including phenoxy) is 1. The Morgan fingerprint density at radius 2 is 1.53 bits per heavy atom. The van der Waals surface area contributed by atoms with Crippen LogP contribution in [0.25, 0.3) is 0 Å². The van der Waals surface area contributed by atoms with Gasteiger partial charge in [-0.1, -0.05) is 74.6 Å². The molecule has 2 aromatic rings. The van der Waals surface area contributed by atoms with Crippen molar-refractivity contribution in [3.05, 3.63) is 64.7 Å². The van der Waals surface area contributed by atoms with E-state index >= 15 is 0 Å². The summed E-state index contributed by atoms with van der Waals surface area (Å²) >= 11 is 0. The Bertz CT molecular complexity index is 1260. The SMILES string of the molecule is Cc1cc(C)cc(C(C(=O)NC2CCCCC2)N(C(=O)C(Cc2ccc(O)cc2)NC(=O)OC(C)(C)C)C(C)CCC(C)C)c1. The lowest BCUT2D eigenvalue weighted by atomic mass is 9.92. The van der Waals surface area contributed by atoms with Crippen molar-refractivity contribution in [1.29, 1.82) is 0 Å². The second-order valence-electron chi connectivity index (χ2n) is 14.3. The molecule has 3 atom stereocenters. The van der Waals surface area contributed by atoms with E-state index in [9.17, 15) is 19.5 Å². The predicted octanol–water partition coefficient (Wildman–Crippen LogP) is 7.29. The average molecular weight is 622 g/mol. The maximum atomic E-state index is 14.9. The first-order valence-corrected chi connectivity index (χ1v) is 16.6. The van der Waals surface area contributed by atoms with Crippen molar-refractivity contribution in [2.45, 2.75) is 137 Å². The number of carbonyl (C=O) groups excluding carboxylic acids is 3. The molecule has 3 N–H and O–H groups in total. The fourth-order valence-corrected chi connectivity index (χ4v) is 6.14. The van der Waals surface area contributed by atoms with E-state index in [-0.39, 0.29) is 36.1 Å². The third-order valence-electron chi connectivity index (χ3n) is 8.29. The summed E-state index contributed by atoms with van der Waals surface area (Å²) in [5, 5.41) is 16.0. The average Bonchev–Trinajstić information content (AvgIpc) is 2.94. The highest BCUT2D eigenvalue weighted by molar-refractivity contribution is 5.92. The summed E-state index contributed by atoms with van der Waals surface area (Å²) in [7, 11) is 0. The summed E-state index contributed by atoms with van der Waals surface area (Å²) in [6.07, 6.45) is 6.18. The quantitative estimate of drug-likeness (QED) is 0.231. The Morgan fingerprint density at radius 1 is 0.933 bits per heavy atom. The lowest BCUT2D eigenvalue weighted by Gasteiger charge is -2.40. The lowest BCUT2D eigenvalue weighted by Crippen LogP contribution is -2.57. The van der Waals surface area contributed by atoms with Gasteiger partial charge in [0.1, 0.15) is 23.4 Å². The van der Waals surface area contributed by atoms with Gasteiger partial charge in [-0.3, -0.25) is 9.59 Å². The predicted molar refractivity (Wildman–Crippen MR) is 179 cm³/mol. The number of aromatic hydroxyl groups is 1. The molecule has 3 unspecified atom stereocenters. The van der Waals surface area contributed by atoms with Crippen molar-refractivity contribution in [2.75, 3.05) is 0 Å². The standard InChI is InChI=1S/C37H55N3O5/c1-24(2)14-15-27(5)40(33(29-21-25(3)20-26(4)22-29)34(42)38-30-12-10-9-11-13-30)35(43)32(39-36(44)45-37(6,7)8)23-28-16-18-31(41)19-17-28/h16-22,24,27,30,32-33,41H,9-15,23H2,1-8H3,(H,38,42)(H,39,44). The van der Waals surface area contributed by atoms with Gasteiger partial charge in [0, 0.05) is 18.5 Å². The van der Waals surface area contributed by atoms with Gasteiger partial charge in [-0.05, 0) is 96.4 Å². The Labute approximate surface area is 270 Å². The van der Waals surface area contributed by atoms with Gasteiger partial charge in [-0.25, -0.2) is 4.79 Å². The van der Waals surface area contributed by atoms with E-state index < -0.39 is 23.8 Å². The number of nitrogens with zero attached hydrogens (tertiary/aromatic N) is 1. The van der Waals surface area contributed by atoms with Gasteiger partial charge in [-0.15, -0.1) is 0 Å². The summed E-state index contributed by atoms with van der Waals surface area (Å²) in [6, 6.07) is 10.5. The highest BCUT2D eigenvalue weighted by Crippen LogP contribution is 2.30. The van der Waals surface area contributed by atoms with E-state index in [1.807, 2.05) is 32.9 Å². The second kappa shape index (κ2) is 16.1. The van der Waals surface area contributed by atoms with Crippen LogP contribution in [-0.2, 0) is 20.7 Å². The molecule has 45 heavy (non-hydrogen) atoms. The Morgan fingerprint density at radius 3 is 2.09 bits per heavy atom. The van der Waals surface area contributed by atoms with Gasteiger partial charge >= 0.3 is 6.09 Å². The second-order valence-corrected chi connectivity index (χ2v) is 14.3. The minimum Gasteiger partial charge on any atom is -0.508 e. The van der Waals surface area contributed by atoms with E-state index in [0.717, 1.165) is 54.4 Å². The zero-order valence-electron chi connectivity index (χ0n) is 28.6. The van der Waals surface area contributed by atoms with Crippen LogP contribution in [0.15, 0.2) is 42.5 Å². The molecular formula is C37H55N3O5. The monoisotopic (exact) mass is 621 g/mol. The molecule has 0 aromatic heterocycles. The zero-order valence-corrected chi connectivity index (χ0v) is 28.6. The molecule has 1 saturated carbocycles. The number of nitrogens with one attached hydrogen (secondary N) is 2. The Kier molecular flexibility index (Phi) is 12.9. The summed E-state index contributed by atoms with van der Waals surface area (Å²) in [5.74, 6) is -0.0295. The zero-order chi connectivity index (χ0) is 33.3. The number of aryl methyl sites for hydroxylation is 2. The molecular weight excluding hydrogens is 566 g/mol. The first-order chi connectivity index (χ1) is 21.1. The van der Waals surface area contributed by atoms with Crippen LogP contribution in [0.1, 0.15) is 115 Å². The van der Waals surface area contributed by atoms with E-state index in [2.05, 4.69) is 30.5 Å². The number of rotatable bonds is 12. The van der Waals surface area contributed by atoms with Crippen molar-refractivity contribution in [2.24, 2.45) is 5.92 Å². The van der Waals surface area contributed by atoms with Gasteiger partial charge in [0.05, 0.1) is 0 Å². The van der Waals surface area contributed by atoms with Crippen molar-refractivity contribution < 1.29 is 24.2 Å². The fourth-order valence-electron chi connectivity index (χ4n) is 6.14. The van der Waals surface area contributed by atoms with Gasteiger partial charge < -0.3 is 25.4 Å². The highest BCUT2D eigenvalue weighted by atomic mass is 16.6. The number of phenols is 1. The molecule has 1 aliphatic rings. The van der Waals surface area contributed by atoms with Gasteiger partial charge in [0.2, 0.25) is 11.8 Å². The van der Waals surface area contributed by atoms with Crippen LogP contribution in [0.4, 0.5) is 4.79 Å². The van der Waals surface area contributed by atoms with Crippen LogP contribution in [0.5, 0.6) is 5.75 Å². The number of hydrogen-bond acceptors (Lipinski definition) is 5. The molecule has 1 aliphatic carbocycles. The normalized spacial score (nSPS) is 16.0. The van der Waals surface area contributed by atoms with Crippen LogP contribution in [0.3, 0.4) is 0 Å². The fraction of sp³-hybridized carbons (Fsp3) is 0.595. The van der Waals surface area contributed by atoms with E-state index in [0.29, 0.717) is 12.3 Å². The minimum absolute atomic E-state index is 0.0651. The van der Waals surface area contributed by atoms with Crippen LogP contribution in [0.2, 0.25) is 0 Å². The smallest absolute Gasteiger partial charge is 0.408 e. The molecule has 0 saturated heterocycles. The largest absolute Gasteiger partial charge is 0.508 e. The molecule has 0 spiro atoms. The molecule has 0 aliphatic heterocycles. The first kappa shape index (κ1) is 35.9. The Balaban J connectivity index is 2.12. The number of benzene rings is 2. The van der Waals surface area contributed by atoms with Crippen molar-refractivity contribution in [3.63, 3.8) is 0 Å². The molecule has 3 rings (SSSR count). The van der Waals surface area contributed by atoms with Crippen LogP contribution < -0.4 is 10.6 Å². The summed E-state index contributed by atoms with van der Waals surface area (Å²) in [6.45, 7) is 15.6. The van der Waals surface area contributed by atoms with E-state index in [4.69, 9.17) is 4.74 Å². The number of hydrogen-bond donors (Lipinski definition) is 3. The van der Waals surface area contributed by atoms with E-state index in [1.54, 1.807) is 49.9 Å². The maximum absolute atomic E-state index is 14.9. The molecule has 1 fully saturated rings. The van der Waals surface area contributed by atoms with E-state index in [1.165, 1.54) is 6.42 Å². The van der Waals surface area contributed by atoms with Crippen molar-refractivity contribution >= 4 is 17.9 Å². The Hall–Kier alpha value is -3.55. The molecule has 8 nitrogen and oxygen atoms in total. The molecule has 0 heterocycles. The number of alkyl carbamates (subject to hydrolysis) is 1. The number of carbonyl (C=O) groups is 3. The summed E-state index contributed by atoms with van der Waals surface area (Å²) in [4.78, 5) is 44.1. The molecule has 3 amide bonds. The maximum Gasteiger partial charge on any atom is 0.408 e. The minimum atomic E-state index is -1.01. The summed E-state index contributed by atoms with van der Waals surface area (Å²) < 4.78 is 5.58. The van der Waals surface area contributed by atoms with Crippen LogP contribution in [0, 0.1) is 19.8 Å². The molecule has 0 radical (unpaired) electrons. The highest BCUT2D eigenvalue weighted by Gasteiger charge is 2.39. The van der Waals surface area contributed by atoms with Crippen molar-refractivity contribution in [3.8, 4) is 5.75 Å². The topological polar surface area (TPSA) is 108 Å². The lowest BCUT2D eigenvalue weighted by molar-refractivity contribution is -0.145. The van der Waals surface area contributed by atoms with Gasteiger partial charge in [0.15, 0.2) is 0 Å². The summed E-state index contributed by atoms with van der Waals surface area (Å²) in [5.41, 5.74) is 2.77. The molecule has 0 bridgehead atoms. The van der Waals surface area contributed by atoms with Crippen LogP contribution in [-0.4, -0.2) is 51.6 Å². The van der Waals surface area contributed by atoms with Gasteiger partial charge in [0.25, 0.3) is 0 Å². The number of phenolic OH excluding ortho intramolecular Hbond substituents is 1. The van der Waals surface area contributed by atoms with Crippen LogP contribution >= 0.6 is 0 Å².